The molecule has 0 atom stereocenters. The number of aromatic nitrogens is 2. The Labute approximate surface area is 119 Å². The van der Waals surface area contributed by atoms with Gasteiger partial charge in [-0.3, -0.25) is 0 Å². The molecule has 4 heteroatoms. The molecule has 1 heterocycles. The number of hydrogen-bond acceptors (Lipinski definition) is 2. The first-order valence-corrected chi connectivity index (χ1v) is 6.92. The van der Waals surface area contributed by atoms with E-state index in [9.17, 15) is 0 Å². The van der Waals surface area contributed by atoms with Crippen LogP contribution in [0.4, 0.5) is 0 Å². The molecule has 0 saturated heterocycles. The number of nitrogens with zero attached hydrogens (tertiary/aromatic N) is 2. The van der Waals surface area contributed by atoms with Gasteiger partial charge in [0.2, 0.25) is 0 Å². The zero-order valence-electron chi connectivity index (χ0n) is 11.9. The Hall–Kier alpha value is -1.32. The molecule has 102 valence electrons. The van der Waals surface area contributed by atoms with Crippen molar-refractivity contribution in [1.29, 1.82) is 0 Å². The van der Waals surface area contributed by atoms with Gasteiger partial charge in [0, 0.05) is 12.6 Å². The molecule has 2 aromatic rings. The summed E-state index contributed by atoms with van der Waals surface area (Å²) >= 11 is 6.23. The van der Waals surface area contributed by atoms with Gasteiger partial charge in [0.05, 0.1) is 22.1 Å². The maximum Gasteiger partial charge on any atom is 0.0848 e. The minimum atomic E-state index is 0.456. The molecule has 2 rings (SSSR count). The maximum absolute atomic E-state index is 6.23. The van der Waals surface area contributed by atoms with Crippen molar-refractivity contribution in [3.8, 4) is 5.69 Å². The Kier molecular flexibility index (Phi) is 4.27. The Morgan fingerprint density at radius 3 is 2.53 bits per heavy atom. The lowest BCUT2D eigenvalue weighted by molar-refractivity contribution is 0.586. The van der Waals surface area contributed by atoms with Crippen molar-refractivity contribution < 1.29 is 0 Å². The number of halogens is 1. The summed E-state index contributed by atoms with van der Waals surface area (Å²) in [6, 6.07) is 8.73. The molecule has 0 bridgehead atoms. The lowest BCUT2D eigenvalue weighted by atomic mass is 10.1. The minimum Gasteiger partial charge on any atom is -0.310 e. The summed E-state index contributed by atoms with van der Waals surface area (Å²) in [6.45, 7) is 9.03. The minimum absolute atomic E-state index is 0.456. The van der Waals surface area contributed by atoms with Crippen LogP contribution in [-0.4, -0.2) is 15.8 Å². The predicted molar refractivity (Wildman–Crippen MR) is 80.0 cm³/mol. The van der Waals surface area contributed by atoms with Gasteiger partial charge in [-0.1, -0.05) is 43.6 Å². The van der Waals surface area contributed by atoms with Crippen molar-refractivity contribution in [3.05, 3.63) is 46.2 Å². The van der Waals surface area contributed by atoms with E-state index in [4.69, 9.17) is 11.6 Å². The zero-order valence-corrected chi connectivity index (χ0v) is 12.6. The van der Waals surface area contributed by atoms with Gasteiger partial charge in [0.25, 0.3) is 0 Å². The average molecular weight is 278 g/mol. The van der Waals surface area contributed by atoms with Crippen LogP contribution in [0.3, 0.4) is 0 Å². The van der Waals surface area contributed by atoms with E-state index in [1.807, 2.05) is 30.7 Å². The number of nitrogens with one attached hydrogen (secondary N) is 1. The van der Waals surface area contributed by atoms with Crippen LogP contribution in [0.15, 0.2) is 24.3 Å². The van der Waals surface area contributed by atoms with E-state index in [0.29, 0.717) is 6.04 Å². The third kappa shape index (κ3) is 2.99. The van der Waals surface area contributed by atoms with E-state index >= 15 is 0 Å². The van der Waals surface area contributed by atoms with Crippen molar-refractivity contribution in [2.24, 2.45) is 0 Å². The number of rotatable bonds is 4. The fourth-order valence-corrected chi connectivity index (χ4v) is 2.16. The normalized spacial score (nSPS) is 11.3. The molecule has 0 fully saturated rings. The van der Waals surface area contributed by atoms with Gasteiger partial charge in [-0.25, -0.2) is 4.68 Å². The highest BCUT2D eigenvalue weighted by Gasteiger charge is 2.13. The number of para-hydroxylation sites is 1. The Morgan fingerprint density at radius 2 is 1.95 bits per heavy atom. The summed E-state index contributed by atoms with van der Waals surface area (Å²) in [5.74, 6) is 0. The first-order valence-electron chi connectivity index (χ1n) is 6.54. The maximum atomic E-state index is 6.23. The van der Waals surface area contributed by atoms with Gasteiger partial charge in [-0.2, -0.15) is 5.10 Å². The molecule has 1 N–H and O–H groups in total. The van der Waals surface area contributed by atoms with Crippen LogP contribution in [-0.2, 0) is 6.54 Å². The Bertz CT molecular complexity index is 573. The molecule has 0 aliphatic carbocycles. The molecule has 0 unspecified atom stereocenters. The fourth-order valence-electron chi connectivity index (χ4n) is 2.04. The smallest absolute Gasteiger partial charge is 0.0848 e. The highest BCUT2D eigenvalue weighted by atomic mass is 35.5. The van der Waals surface area contributed by atoms with Gasteiger partial charge in [0.15, 0.2) is 0 Å². The van der Waals surface area contributed by atoms with E-state index in [2.05, 4.69) is 36.4 Å². The van der Waals surface area contributed by atoms with E-state index < -0.39 is 0 Å². The second kappa shape index (κ2) is 5.76. The van der Waals surface area contributed by atoms with Crippen LogP contribution in [0.5, 0.6) is 0 Å². The van der Waals surface area contributed by atoms with E-state index in [1.54, 1.807) is 0 Å². The summed E-state index contributed by atoms with van der Waals surface area (Å²) in [7, 11) is 0. The number of hydrogen-bond donors (Lipinski definition) is 1. The van der Waals surface area contributed by atoms with E-state index in [0.717, 1.165) is 28.6 Å². The molecule has 3 nitrogen and oxygen atoms in total. The molecular formula is C15H20ClN3. The standard InChI is InChI=1S/C15H20ClN3/c1-10(2)17-9-13-7-5-6-8-14(13)19-12(4)15(16)11(3)18-19/h5-8,10,17H,9H2,1-4H3. The van der Waals surface area contributed by atoms with Gasteiger partial charge in [-0.15, -0.1) is 0 Å². The van der Waals surface area contributed by atoms with Gasteiger partial charge >= 0.3 is 0 Å². The number of benzene rings is 1. The van der Waals surface area contributed by atoms with E-state index in [1.165, 1.54) is 5.56 Å². The Balaban J connectivity index is 2.41. The van der Waals surface area contributed by atoms with Crippen LogP contribution < -0.4 is 5.32 Å². The zero-order chi connectivity index (χ0) is 14.0. The molecular weight excluding hydrogens is 258 g/mol. The van der Waals surface area contributed by atoms with Gasteiger partial charge in [-0.05, 0) is 25.5 Å². The molecule has 0 spiro atoms. The van der Waals surface area contributed by atoms with Crippen LogP contribution in [0.25, 0.3) is 5.69 Å². The molecule has 0 radical (unpaired) electrons. The Morgan fingerprint density at radius 1 is 1.26 bits per heavy atom. The molecule has 0 saturated carbocycles. The van der Waals surface area contributed by atoms with Crippen molar-refractivity contribution >= 4 is 11.6 Å². The highest BCUT2D eigenvalue weighted by molar-refractivity contribution is 6.31. The second-order valence-electron chi connectivity index (χ2n) is 5.06. The molecule has 1 aromatic carbocycles. The van der Waals surface area contributed by atoms with Gasteiger partial charge < -0.3 is 5.32 Å². The highest BCUT2D eigenvalue weighted by Crippen LogP contribution is 2.24. The molecule has 0 aliphatic heterocycles. The summed E-state index contributed by atoms with van der Waals surface area (Å²) in [5.41, 5.74) is 4.16. The van der Waals surface area contributed by atoms with Crippen molar-refractivity contribution in [2.45, 2.75) is 40.3 Å². The average Bonchev–Trinajstić information content (AvgIpc) is 2.64. The van der Waals surface area contributed by atoms with Crippen LogP contribution >= 0.6 is 11.6 Å². The quantitative estimate of drug-likeness (QED) is 0.925. The van der Waals surface area contributed by atoms with E-state index in [-0.39, 0.29) is 0 Å². The lowest BCUT2D eigenvalue weighted by Gasteiger charge is -2.13. The predicted octanol–water partition coefficient (Wildman–Crippen LogP) is 3.64. The molecule has 0 aliphatic rings. The van der Waals surface area contributed by atoms with Crippen LogP contribution in [0.2, 0.25) is 5.02 Å². The van der Waals surface area contributed by atoms with Crippen molar-refractivity contribution in [3.63, 3.8) is 0 Å². The SMILES string of the molecule is Cc1nn(-c2ccccc2CNC(C)C)c(C)c1Cl. The first kappa shape index (κ1) is 14.1. The van der Waals surface area contributed by atoms with Crippen molar-refractivity contribution in [1.82, 2.24) is 15.1 Å². The van der Waals surface area contributed by atoms with Crippen molar-refractivity contribution in [2.75, 3.05) is 0 Å². The summed E-state index contributed by atoms with van der Waals surface area (Å²) in [4.78, 5) is 0. The molecule has 1 aromatic heterocycles. The fraction of sp³-hybridized carbons (Fsp3) is 0.400. The number of aryl methyl sites for hydroxylation is 1. The molecule has 19 heavy (non-hydrogen) atoms. The third-order valence-corrected chi connectivity index (χ3v) is 3.67. The first-order chi connectivity index (χ1) is 9.00. The largest absolute Gasteiger partial charge is 0.310 e. The van der Waals surface area contributed by atoms with Crippen LogP contribution in [0.1, 0.15) is 30.8 Å². The third-order valence-electron chi connectivity index (χ3n) is 3.12. The monoisotopic (exact) mass is 277 g/mol. The summed E-state index contributed by atoms with van der Waals surface area (Å²) in [6.07, 6.45) is 0. The molecule has 0 amide bonds. The van der Waals surface area contributed by atoms with Gasteiger partial charge in [0.1, 0.15) is 0 Å². The van der Waals surface area contributed by atoms with Crippen LogP contribution in [0, 0.1) is 13.8 Å². The summed E-state index contributed by atoms with van der Waals surface area (Å²) < 4.78 is 1.93. The summed E-state index contributed by atoms with van der Waals surface area (Å²) in [5, 5.41) is 8.71. The second-order valence-corrected chi connectivity index (χ2v) is 5.44. The topological polar surface area (TPSA) is 29.9 Å². The lowest BCUT2D eigenvalue weighted by Crippen LogP contribution is -2.22.